The quantitative estimate of drug-likeness (QED) is 0.608. The van der Waals surface area contributed by atoms with Crippen LogP contribution in [0, 0.1) is 12.0 Å². The largest absolute Gasteiger partial charge is 0.314 e. The third-order valence-corrected chi connectivity index (χ3v) is 2.23. The summed E-state index contributed by atoms with van der Waals surface area (Å²) in [5.74, 6) is 3.00. The molecule has 0 aliphatic carbocycles. The molecule has 0 amide bonds. The summed E-state index contributed by atoms with van der Waals surface area (Å²) in [6, 6.07) is 10.9. The molecule has 3 rings (SSSR count). The van der Waals surface area contributed by atoms with Crippen LogP contribution in [0.5, 0.6) is 0 Å². The van der Waals surface area contributed by atoms with Gasteiger partial charge in [-0.1, -0.05) is 18.2 Å². The number of para-hydroxylation sites is 1. The monoisotopic (exact) mass is 181 g/mol. The van der Waals surface area contributed by atoms with E-state index in [1.807, 2.05) is 24.3 Å². The first-order chi connectivity index (χ1) is 6.95. The van der Waals surface area contributed by atoms with E-state index in [2.05, 4.69) is 27.5 Å². The van der Waals surface area contributed by atoms with E-state index >= 15 is 0 Å². The van der Waals surface area contributed by atoms with Gasteiger partial charge >= 0.3 is 0 Å². The Labute approximate surface area is 81.2 Å². The van der Waals surface area contributed by atoms with Gasteiger partial charge in [0.15, 0.2) is 0 Å². The highest BCUT2D eigenvalue weighted by atomic mass is 15.1. The van der Waals surface area contributed by atoms with Crippen molar-refractivity contribution in [1.82, 2.24) is 10.2 Å². The van der Waals surface area contributed by atoms with Crippen molar-refractivity contribution in [3.05, 3.63) is 36.0 Å². The van der Waals surface area contributed by atoms with E-state index in [0.717, 1.165) is 22.5 Å². The molecule has 0 atom stereocenters. The molecule has 14 heavy (non-hydrogen) atoms. The molecule has 1 aliphatic rings. The van der Waals surface area contributed by atoms with Crippen LogP contribution in [0.2, 0.25) is 0 Å². The summed E-state index contributed by atoms with van der Waals surface area (Å²) >= 11 is 0. The number of nitrogens with one attached hydrogen (secondary N) is 2. The van der Waals surface area contributed by atoms with Gasteiger partial charge in [0.05, 0.1) is 23.1 Å². The van der Waals surface area contributed by atoms with Crippen LogP contribution < -0.4 is 5.32 Å². The number of benzene rings is 1. The number of hydrogen-bond acceptors (Lipinski definition) is 2. The van der Waals surface area contributed by atoms with Gasteiger partial charge in [0.25, 0.3) is 0 Å². The minimum atomic E-state index is 0.933. The van der Waals surface area contributed by atoms with Crippen LogP contribution in [0.4, 0.5) is 5.69 Å². The summed E-state index contributed by atoms with van der Waals surface area (Å²) in [6.45, 7) is 0. The Bertz CT molecular complexity index is 543. The molecule has 3 nitrogen and oxygen atoms in total. The van der Waals surface area contributed by atoms with E-state index in [-0.39, 0.29) is 0 Å². The fourth-order valence-electron chi connectivity index (χ4n) is 1.56. The highest BCUT2D eigenvalue weighted by Gasteiger charge is 2.11. The number of rotatable bonds is 0. The summed E-state index contributed by atoms with van der Waals surface area (Å²) in [4.78, 5) is 0. The molecule has 1 aromatic heterocycles. The van der Waals surface area contributed by atoms with Crippen LogP contribution >= 0.6 is 0 Å². The van der Waals surface area contributed by atoms with Crippen molar-refractivity contribution < 1.29 is 0 Å². The lowest BCUT2D eigenvalue weighted by molar-refractivity contribution is 1.10. The predicted octanol–water partition coefficient (Wildman–Crippen LogP) is 1.81. The van der Waals surface area contributed by atoms with Gasteiger partial charge in [-0.15, -0.1) is 0 Å². The van der Waals surface area contributed by atoms with E-state index < -0.39 is 0 Å². The van der Waals surface area contributed by atoms with Crippen molar-refractivity contribution in [2.24, 2.45) is 0 Å². The molecule has 2 N–H and O–H groups in total. The average Bonchev–Trinajstić information content (AvgIpc) is 2.61. The first-order valence-corrected chi connectivity index (χ1v) is 4.35. The molecule has 0 unspecified atom stereocenters. The zero-order chi connectivity index (χ0) is 9.38. The van der Waals surface area contributed by atoms with E-state index in [4.69, 9.17) is 0 Å². The second kappa shape index (κ2) is 2.64. The summed E-state index contributed by atoms with van der Waals surface area (Å²) < 4.78 is 0. The Kier molecular flexibility index (Phi) is 1.36. The number of aromatic amines is 1. The Morgan fingerprint density at radius 1 is 1.21 bits per heavy atom. The molecule has 3 heteroatoms. The molecule has 2 heterocycles. The molecule has 1 aromatic carbocycles. The minimum absolute atomic E-state index is 0.933. The Hall–Kier alpha value is -2.21. The van der Waals surface area contributed by atoms with Crippen molar-refractivity contribution >= 4 is 5.69 Å². The van der Waals surface area contributed by atoms with Crippen LogP contribution in [0.25, 0.3) is 11.3 Å². The lowest BCUT2D eigenvalue weighted by Gasteiger charge is -2.03. The molecular weight excluding hydrogens is 174 g/mol. The third kappa shape index (κ3) is 0.913. The fraction of sp³-hybridized carbons (Fsp3) is 0. The topological polar surface area (TPSA) is 40.7 Å². The van der Waals surface area contributed by atoms with Gasteiger partial charge in [0, 0.05) is 11.6 Å². The number of anilines is 1. The molecule has 2 aromatic rings. The smallest absolute Gasteiger partial charge is 0.0828 e. The molecule has 0 fully saturated rings. The van der Waals surface area contributed by atoms with Crippen LogP contribution in [-0.4, -0.2) is 10.2 Å². The highest BCUT2D eigenvalue weighted by molar-refractivity contribution is 5.81. The van der Waals surface area contributed by atoms with Crippen molar-refractivity contribution in [3.8, 4) is 23.2 Å². The zero-order valence-electron chi connectivity index (χ0n) is 7.33. The second-order valence-corrected chi connectivity index (χ2v) is 3.08. The Morgan fingerprint density at radius 2 is 2.14 bits per heavy atom. The third-order valence-electron chi connectivity index (χ3n) is 2.23. The molecule has 0 radical (unpaired) electrons. The number of aromatic nitrogens is 2. The van der Waals surface area contributed by atoms with Crippen LogP contribution in [-0.2, 0) is 0 Å². The van der Waals surface area contributed by atoms with Crippen LogP contribution in [0.1, 0.15) is 5.56 Å². The summed E-state index contributed by atoms with van der Waals surface area (Å²) in [7, 11) is 0. The van der Waals surface area contributed by atoms with E-state index in [0.29, 0.717) is 0 Å². The summed E-state index contributed by atoms with van der Waals surface area (Å²) in [5.41, 5.74) is 4.03. The number of nitrogens with zero attached hydrogens (tertiary/aromatic N) is 1. The van der Waals surface area contributed by atoms with Gasteiger partial charge in [-0.3, -0.25) is 5.10 Å². The second-order valence-electron chi connectivity index (χ2n) is 3.08. The lowest BCUT2D eigenvalue weighted by atomic mass is 10.1. The average molecular weight is 181 g/mol. The predicted molar refractivity (Wildman–Crippen MR) is 54.5 cm³/mol. The van der Waals surface area contributed by atoms with E-state index in [1.54, 1.807) is 6.20 Å². The molecular formula is C11H7N3. The highest BCUT2D eigenvalue weighted by Crippen LogP contribution is 2.29. The van der Waals surface area contributed by atoms with Crippen molar-refractivity contribution in [1.29, 1.82) is 0 Å². The van der Waals surface area contributed by atoms with Gasteiger partial charge in [0.2, 0.25) is 0 Å². The van der Waals surface area contributed by atoms with Gasteiger partial charge in [0.1, 0.15) is 0 Å². The molecule has 0 spiro atoms. The van der Waals surface area contributed by atoms with E-state index in [1.165, 1.54) is 0 Å². The molecule has 66 valence electrons. The first kappa shape index (κ1) is 7.22. The molecule has 1 aliphatic heterocycles. The molecule has 0 bridgehead atoms. The molecule has 0 saturated heterocycles. The van der Waals surface area contributed by atoms with Gasteiger partial charge in [-0.05, 0) is 12.0 Å². The minimum Gasteiger partial charge on any atom is -0.314 e. The lowest BCUT2D eigenvalue weighted by Crippen LogP contribution is -1.89. The number of fused-ring (bicyclic) bond motifs is 3. The van der Waals surface area contributed by atoms with Crippen molar-refractivity contribution in [3.63, 3.8) is 0 Å². The van der Waals surface area contributed by atoms with Crippen molar-refractivity contribution in [2.75, 3.05) is 5.32 Å². The summed E-state index contributed by atoms with van der Waals surface area (Å²) in [6.07, 6.45) is 1.74. The Balaban J connectivity index is 2.35. The van der Waals surface area contributed by atoms with Crippen molar-refractivity contribution in [2.45, 2.75) is 0 Å². The van der Waals surface area contributed by atoms with Gasteiger partial charge in [-0.25, -0.2) is 0 Å². The maximum atomic E-state index is 3.99. The number of H-pyrrole nitrogens is 1. The van der Waals surface area contributed by atoms with E-state index in [9.17, 15) is 0 Å². The Morgan fingerprint density at radius 3 is 3.14 bits per heavy atom. The first-order valence-electron chi connectivity index (χ1n) is 4.35. The normalized spacial score (nSPS) is 11.4. The van der Waals surface area contributed by atoms with Gasteiger partial charge in [-0.2, -0.15) is 5.10 Å². The fourth-order valence-corrected chi connectivity index (χ4v) is 1.56. The zero-order valence-corrected chi connectivity index (χ0v) is 7.33. The maximum Gasteiger partial charge on any atom is 0.0828 e. The SMILES string of the molecule is C1#Cc2cn[nH]c2-c2ccccc2N1. The molecule has 0 saturated carbocycles. The summed E-state index contributed by atoms with van der Waals surface area (Å²) in [5, 5.41) is 10.00. The number of hydrogen-bond donors (Lipinski definition) is 2. The van der Waals surface area contributed by atoms with Gasteiger partial charge < -0.3 is 5.32 Å². The maximum absolute atomic E-state index is 3.99. The van der Waals surface area contributed by atoms with Crippen LogP contribution in [0.3, 0.4) is 0 Å². The standard InChI is InChI=1S/C11H7N3/c1-2-4-10-9(3-1)11-8(5-6-12-10)7-13-14-11/h1-4,7,12H,(H,13,14). The van der Waals surface area contributed by atoms with Crippen LogP contribution in [0.15, 0.2) is 30.5 Å².